The van der Waals surface area contributed by atoms with Crippen molar-refractivity contribution in [3.63, 3.8) is 0 Å². The van der Waals surface area contributed by atoms with E-state index in [1.165, 1.54) is 5.01 Å². The topological polar surface area (TPSA) is 156 Å². The Bertz CT molecular complexity index is 1610. The second-order valence-corrected chi connectivity index (χ2v) is 14.3. The number of amides is 3. The summed E-state index contributed by atoms with van der Waals surface area (Å²) in [5.41, 5.74) is 4.19. The van der Waals surface area contributed by atoms with Crippen LogP contribution in [0.2, 0.25) is 0 Å². The second-order valence-electron chi connectivity index (χ2n) is 14.3. The standard InChI is InChI=1S/C37H49N5O7/c1-21(2)31-33(44)39-24(6)34(45)42-19-7-8-29(41-42)32(43)38-23(5)28-12-11-26-10-9-25(20-30(26)40-28)13-16-37(36(47)49-31)17-14-27(15-18-37)48-35(46)22(3)4/h9-13,16,20-24,27,29,31,41H,7-8,14-15,17-19H2,1-6H3,(H,38,43)(H,39,44)/b16-13+/t23-,24+,27-,29+,31+,37-/m1/s1. The summed E-state index contributed by atoms with van der Waals surface area (Å²) in [7, 11) is 0. The highest BCUT2D eigenvalue weighted by atomic mass is 16.6. The number of cyclic esters (lactones) is 1. The van der Waals surface area contributed by atoms with Gasteiger partial charge < -0.3 is 20.1 Å². The first-order valence-electron chi connectivity index (χ1n) is 17.5. The molecule has 1 aromatic carbocycles. The smallest absolute Gasteiger partial charge is 0.316 e. The molecule has 12 heteroatoms. The van der Waals surface area contributed by atoms with Crippen LogP contribution < -0.4 is 16.1 Å². The number of nitrogens with zero attached hydrogens (tertiary/aromatic N) is 2. The van der Waals surface area contributed by atoms with Gasteiger partial charge in [-0.2, -0.15) is 0 Å². The van der Waals surface area contributed by atoms with Gasteiger partial charge in [0.25, 0.3) is 11.8 Å². The summed E-state index contributed by atoms with van der Waals surface area (Å²) >= 11 is 0. The number of hydrazine groups is 1. The lowest BCUT2D eigenvalue weighted by Crippen LogP contribution is -2.61. The van der Waals surface area contributed by atoms with Crippen molar-refractivity contribution in [2.45, 2.75) is 110 Å². The van der Waals surface area contributed by atoms with Gasteiger partial charge in [-0.15, -0.1) is 0 Å². The maximum atomic E-state index is 14.2. The number of esters is 2. The van der Waals surface area contributed by atoms with Gasteiger partial charge in [-0.05, 0) is 76.0 Å². The summed E-state index contributed by atoms with van der Waals surface area (Å²) in [6.45, 7) is 10.9. The fraction of sp³-hybridized carbons (Fsp3) is 0.568. The zero-order chi connectivity index (χ0) is 35.5. The van der Waals surface area contributed by atoms with Crippen molar-refractivity contribution < 1.29 is 33.4 Å². The Morgan fingerprint density at radius 3 is 2.35 bits per heavy atom. The minimum Gasteiger partial charge on any atom is -0.462 e. The van der Waals surface area contributed by atoms with Gasteiger partial charge in [-0.1, -0.05) is 58.0 Å². The lowest BCUT2D eigenvalue weighted by atomic mass is 9.72. The molecule has 0 radical (unpaired) electrons. The lowest BCUT2D eigenvalue weighted by Gasteiger charge is -2.37. The van der Waals surface area contributed by atoms with E-state index in [1.54, 1.807) is 34.6 Å². The van der Waals surface area contributed by atoms with E-state index in [1.807, 2.05) is 49.4 Å². The van der Waals surface area contributed by atoms with E-state index < -0.39 is 47.4 Å². The maximum absolute atomic E-state index is 14.2. The summed E-state index contributed by atoms with van der Waals surface area (Å²) in [6.07, 6.45) is 4.99. The molecule has 3 amide bonds. The number of pyridine rings is 1. The van der Waals surface area contributed by atoms with Crippen LogP contribution in [0.15, 0.2) is 36.4 Å². The third-order valence-corrected chi connectivity index (χ3v) is 9.72. The van der Waals surface area contributed by atoms with E-state index in [2.05, 4.69) is 16.1 Å². The number of benzene rings is 1. The first-order valence-corrected chi connectivity index (χ1v) is 17.5. The third kappa shape index (κ3) is 8.29. The molecule has 1 saturated carbocycles. The number of aromatic nitrogens is 1. The molecule has 1 spiro atoms. The van der Waals surface area contributed by atoms with E-state index in [-0.39, 0.29) is 29.8 Å². The number of rotatable bonds is 3. The molecule has 5 rings (SSSR count). The Morgan fingerprint density at radius 1 is 0.959 bits per heavy atom. The van der Waals surface area contributed by atoms with Crippen molar-refractivity contribution in [1.82, 2.24) is 26.1 Å². The summed E-state index contributed by atoms with van der Waals surface area (Å²) in [6, 6.07) is 7.68. The predicted octanol–water partition coefficient (Wildman–Crippen LogP) is 4.14. The second kappa shape index (κ2) is 15.1. The van der Waals surface area contributed by atoms with Crippen molar-refractivity contribution in [3.05, 3.63) is 47.7 Å². The summed E-state index contributed by atoms with van der Waals surface area (Å²) in [5, 5.41) is 8.07. The number of hydrogen-bond donors (Lipinski definition) is 3. The largest absolute Gasteiger partial charge is 0.462 e. The Labute approximate surface area is 287 Å². The van der Waals surface area contributed by atoms with Gasteiger partial charge >= 0.3 is 11.9 Å². The van der Waals surface area contributed by atoms with Crippen molar-refractivity contribution >= 4 is 46.6 Å². The molecule has 1 aliphatic carbocycles. The van der Waals surface area contributed by atoms with Crippen LogP contribution in [0.5, 0.6) is 0 Å². The van der Waals surface area contributed by atoms with E-state index in [0.29, 0.717) is 50.8 Å². The molecular formula is C37H49N5O7. The molecular weight excluding hydrogens is 626 g/mol. The van der Waals surface area contributed by atoms with Crippen LogP contribution in [0.1, 0.15) is 97.4 Å². The predicted molar refractivity (Wildman–Crippen MR) is 183 cm³/mol. The number of carbonyl (C=O) groups is 5. The average Bonchev–Trinajstić information content (AvgIpc) is 3.08. The van der Waals surface area contributed by atoms with Crippen LogP contribution in [-0.2, 0) is 33.4 Å². The minimum absolute atomic E-state index is 0.253. The molecule has 2 aromatic rings. The van der Waals surface area contributed by atoms with Crippen LogP contribution in [-0.4, -0.2) is 70.5 Å². The normalized spacial score (nSPS) is 29.5. The Kier molecular flexibility index (Phi) is 11.1. The van der Waals surface area contributed by atoms with Crippen LogP contribution in [0.4, 0.5) is 0 Å². The number of nitrogens with one attached hydrogen (secondary N) is 3. The molecule has 2 fully saturated rings. The van der Waals surface area contributed by atoms with Crippen molar-refractivity contribution in [2.75, 3.05) is 6.54 Å². The van der Waals surface area contributed by atoms with Crippen molar-refractivity contribution in [1.29, 1.82) is 0 Å². The molecule has 3 aliphatic rings. The first kappa shape index (κ1) is 36.0. The molecule has 264 valence electrons. The zero-order valence-electron chi connectivity index (χ0n) is 29.3. The summed E-state index contributed by atoms with van der Waals surface area (Å²) < 4.78 is 11.7. The lowest BCUT2D eigenvalue weighted by molar-refractivity contribution is -0.170. The number of fused-ring (bicyclic) bond motifs is 4. The first-order chi connectivity index (χ1) is 23.3. The molecule has 1 aromatic heterocycles. The molecule has 12 nitrogen and oxygen atoms in total. The highest BCUT2D eigenvalue weighted by Gasteiger charge is 2.44. The van der Waals surface area contributed by atoms with Gasteiger partial charge in [-0.25, -0.2) is 5.43 Å². The van der Waals surface area contributed by atoms with E-state index in [4.69, 9.17) is 14.5 Å². The number of hydrogen-bond acceptors (Lipinski definition) is 9. The van der Waals surface area contributed by atoms with Crippen LogP contribution in [0.3, 0.4) is 0 Å². The van der Waals surface area contributed by atoms with E-state index >= 15 is 0 Å². The number of carbonyl (C=O) groups excluding carboxylic acids is 5. The quantitative estimate of drug-likeness (QED) is 0.407. The van der Waals surface area contributed by atoms with Crippen LogP contribution >= 0.6 is 0 Å². The van der Waals surface area contributed by atoms with Gasteiger partial charge in [0.2, 0.25) is 5.91 Å². The van der Waals surface area contributed by atoms with Crippen LogP contribution in [0, 0.1) is 17.3 Å². The molecule has 2 aliphatic heterocycles. The van der Waals surface area contributed by atoms with Crippen LogP contribution in [0.25, 0.3) is 17.0 Å². The Balaban J connectivity index is 1.51. The molecule has 1 saturated heterocycles. The number of ether oxygens (including phenoxy) is 2. The monoisotopic (exact) mass is 675 g/mol. The minimum atomic E-state index is -1.16. The van der Waals surface area contributed by atoms with Crippen molar-refractivity contribution in [2.24, 2.45) is 17.3 Å². The summed E-state index contributed by atoms with van der Waals surface area (Å²) in [4.78, 5) is 71.7. The Hall–Kier alpha value is -4.32. The fourth-order valence-corrected chi connectivity index (χ4v) is 6.55. The van der Waals surface area contributed by atoms with Gasteiger partial charge in [0.05, 0.1) is 28.6 Å². The highest BCUT2D eigenvalue weighted by Crippen LogP contribution is 2.41. The van der Waals surface area contributed by atoms with Gasteiger partial charge in [0, 0.05) is 11.9 Å². The summed E-state index contributed by atoms with van der Waals surface area (Å²) in [5.74, 6) is -2.71. The average molecular weight is 676 g/mol. The molecule has 49 heavy (non-hydrogen) atoms. The molecule has 4 atom stereocenters. The zero-order valence-corrected chi connectivity index (χ0v) is 29.3. The fourth-order valence-electron chi connectivity index (χ4n) is 6.55. The maximum Gasteiger partial charge on any atom is 0.316 e. The van der Waals surface area contributed by atoms with Gasteiger partial charge in [0.15, 0.2) is 6.10 Å². The SMILES string of the molecule is CC(C)C(=O)O[C@H]1CC[C@@]2(/C=C/c3ccc4ccc(nc4c3)[C@@H](C)NC(=O)[C@@H]3CCCN(N3)C(=O)[C@H](C)NC(=O)[C@H](C(C)C)OC2=O)CC1. The van der Waals surface area contributed by atoms with Crippen molar-refractivity contribution in [3.8, 4) is 0 Å². The van der Waals surface area contributed by atoms with Gasteiger partial charge in [-0.3, -0.25) is 34.0 Å². The highest BCUT2D eigenvalue weighted by molar-refractivity contribution is 5.92. The van der Waals surface area contributed by atoms with E-state index in [9.17, 15) is 24.0 Å². The van der Waals surface area contributed by atoms with Gasteiger partial charge in [0.1, 0.15) is 18.2 Å². The van der Waals surface area contributed by atoms with E-state index in [0.717, 1.165) is 16.5 Å². The molecule has 3 N–H and O–H groups in total. The molecule has 3 heterocycles. The molecule has 0 unspecified atom stereocenters. The molecule has 5 bridgehead atoms. The third-order valence-electron chi connectivity index (χ3n) is 9.72. The Morgan fingerprint density at radius 2 is 1.65 bits per heavy atom.